The molecule has 0 fully saturated rings. The number of aryl methyl sites for hydroxylation is 1. The van der Waals surface area contributed by atoms with Crippen LogP contribution < -0.4 is 10.9 Å². The van der Waals surface area contributed by atoms with Crippen LogP contribution in [0.15, 0.2) is 41.2 Å². The minimum absolute atomic E-state index is 0.00365. The van der Waals surface area contributed by atoms with Crippen molar-refractivity contribution in [1.82, 2.24) is 15.5 Å². The molecule has 25 heavy (non-hydrogen) atoms. The molecular formula is C19H23N3O3. The number of nitrogens with zero attached hydrogens (tertiary/aromatic N) is 1. The van der Waals surface area contributed by atoms with Gasteiger partial charge in [-0.3, -0.25) is 9.59 Å². The predicted octanol–water partition coefficient (Wildman–Crippen LogP) is 1.30. The quantitative estimate of drug-likeness (QED) is 0.738. The molecule has 0 radical (unpaired) electrons. The lowest BCUT2D eigenvalue weighted by Gasteiger charge is -2.26. The number of aliphatic hydroxyl groups is 1. The number of amides is 1. The van der Waals surface area contributed by atoms with Crippen LogP contribution in [0.1, 0.15) is 42.0 Å². The SMILES string of the molecule is O=C(NC1CCc2n[nH]c(=O)cc2C1)C(CCCO)c1ccccc1. The summed E-state index contributed by atoms with van der Waals surface area (Å²) >= 11 is 0. The number of nitrogens with one attached hydrogen (secondary N) is 2. The lowest BCUT2D eigenvalue weighted by atomic mass is 9.90. The number of hydrogen-bond acceptors (Lipinski definition) is 4. The normalized spacial score (nSPS) is 17.6. The van der Waals surface area contributed by atoms with Crippen LogP contribution in [0.2, 0.25) is 0 Å². The summed E-state index contributed by atoms with van der Waals surface area (Å²) in [5.74, 6) is -0.294. The van der Waals surface area contributed by atoms with Gasteiger partial charge in [-0.25, -0.2) is 5.10 Å². The number of H-pyrrole nitrogens is 1. The fourth-order valence-electron chi connectivity index (χ4n) is 3.39. The van der Waals surface area contributed by atoms with Crippen LogP contribution in [0.25, 0.3) is 0 Å². The molecule has 3 rings (SSSR count). The van der Waals surface area contributed by atoms with E-state index in [1.807, 2.05) is 30.3 Å². The molecule has 0 bridgehead atoms. The summed E-state index contributed by atoms with van der Waals surface area (Å²) in [7, 11) is 0. The van der Waals surface area contributed by atoms with Gasteiger partial charge in [0.15, 0.2) is 0 Å². The largest absolute Gasteiger partial charge is 0.396 e. The van der Waals surface area contributed by atoms with E-state index in [-0.39, 0.29) is 30.0 Å². The van der Waals surface area contributed by atoms with Gasteiger partial charge in [-0.15, -0.1) is 0 Å². The maximum Gasteiger partial charge on any atom is 0.264 e. The van der Waals surface area contributed by atoms with Crippen molar-refractivity contribution in [3.8, 4) is 0 Å². The average molecular weight is 341 g/mol. The zero-order chi connectivity index (χ0) is 17.6. The number of carbonyl (C=O) groups excluding carboxylic acids is 1. The summed E-state index contributed by atoms with van der Waals surface area (Å²) in [4.78, 5) is 24.3. The van der Waals surface area contributed by atoms with Gasteiger partial charge < -0.3 is 10.4 Å². The van der Waals surface area contributed by atoms with Crippen molar-refractivity contribution in [2.24, 2.45) is 0 Å². The highest BCUT2D eigenvalue weighted by molar-refractivity contribution is 5.83. The first-order valence-electron chi connectivity index (χ1n) is 8.71. The molecule has 2 aromatic rings. The highest BCUT2D eigenvalue weighted by Crippen LogP contribution is 2.23. The molecule has 3 N–H and O–H groups in total. The molecule has 0 saturated heterocycles. The molecule has 2 unspecified atom stereocenters. The van der Waals surface area contributed by atoms with Gasteiger partial charge >= 0.3 is 0 Å². The molecule has 0 spiro atoms. The number of carbonyl (C=O) groups is 1. The third-order valence-electron chi connectivity index (χ3n) is 4.69. The van der Waals surface area contributed by atoms with Gasteiger partial charge in [0, 0.05) is 18.7 Å². The van der Waals surface area contributed by atoms with E-state index >= 15 is 0 Å². The van der Waals surface area contributed by atoms with Crippen LogP contribution in [0.5, 0.6) is 0 Å². The van der Waals surface area contributed by atoms with Gasteiger partial charge in [-0.05, 0) is 43.2 Å². The average Bonchev–Trinajstić information content (AvgIpc) is 2.62. The van der Waals surface area contributed by atoms with Crippen LogP contribution >= 0.6 is 0 Å². The van der Waals surface area contributed by atoms with E-state index in [0.717, 1.165) is 29.7 Å². The second-order valence-electron chi connectivity index (χ2n) is 6.48. The van der Waals surface area contributed by atoms with Crippen LogP contribution in [-0.2, 0) is 17.6 Å². The molecule has 1 aromatic heterocycles. The zero-order valence-electron chi connectivity index (χ0n) is 14.1. The van der Waals surface area contributed by atoms with Gasteiger partial charge in [0.25, 0.3) is 5.56 Å². The fraction of sp³-hybridized carbons (Fsp3) is 0.421. The Kier molecular flexibility index (Phi) is 5.60. The maximum absolute atomic E-state index is 12.8. The Morgan fingerprint density at radius 2 is 2.16 bits per heavy atom. The van der Waals surface area contributed by atoms with Crippen LogP contribution in [0.4, 0.5) is 0 Å². The first-order chi connectivity index (χ1) is 12.2. The molecule has 1 amide bonds. The van der Waals surface area contributed by atoms with E-state index in [4.69, 9.17) is 5.11 Å². The molecule has 6 heteroatoms. The van der Waals surface area contributed by atoms with Crippen molar-refractivity contribution >= 4 is 5.91 Å². The van der Waals surface area contributed by atoms with Crippen molar-refractivity contribution in [1.29, 1.82) is 0 Å². The number of benzene rings is 1. The number of aromatic nitrogens is 2. The van der Waals surface area contributed by atoms with E-state index in [9.17, 15) is 9.59 Å². The van der Waals surface area contributed by atoms with Gasteiger partial charge in [0.05, 0.1) is 11.6 Å². The minimum Gasteiger partial charge on any atom is -0.396 e. The molecule has 132 valence electrons. The van der Waals surface area contributed by atoms with Crippen LogP contribution in [0.3, 0.4) is 0 Å². The molecule has 1 aliphatic rings. The van der Waals surface area contributed by atoms with Crippen molar-refractivity contribution in [2.45, 2.75) is 44.1 Å². The zero-order valence-corrected chi connectivity index (χ0v) is 14.1. The van der Waals surface area contributed by atoms with Crippen molar-refractivity contribution in [2.75, 3.05) is 6.61 Å². The molecule has 0 saturated carbocycles. The standard InChI is InChI=1S/C19H23N3O3/c23-10-4-7-16(13-5-2-1-3-6-13)19(25)20-15-8-9-17-14(11-15)12-18(24)22-21-17/h1-3,5-6,12,15-16,23H,4,7-11H2,(H,20,25)(H,22,24). The first kappa shape index (κ1) is 17.4. The Bertz CT molecular complexity index is 773. The Balaban J connectivity index is 1.70. The predicted molar refractivity (Wildman–Crippen MR) is 94.3 cm³/mol. The minimum atomic E-state index is -0.271. The van der Waals surface area contributed by atoms with Gasteiger partial charge in [-0.1, -0.05) is 30.3 Å². The molecular weight excluding hydrogens is 318 g/mol. The molecule has 0 aliphatic heterocycles. The number of hydrogen-bond donors (Lipinski definition) is 3. The van der Waals surface area contributed by atoms with Gasteiger partial charge in [0.2, 0.25) is 5.91 Å². The number of aromatic amines is 1. The number of rotatable bonds is 6. The van der Waals surface area contributed by atoms with E-state index < -0.39 is 0 Å². The van der Waals surface area contributed by atoms with Gasteiger partial charge in [0.1, 0.15) is 0 Å². The molecule has 1 aromatic carbocycles. The highest BCUT2D eigenvalue weighted by Gasteiger charge is 2.26. The summed E-state index contributed by atoms with van der Waals surface area (Å²) in [5.41, 5.74) is 2.57. The number of fused-ring (bicyclic) bond motifs is 1. The monoisotopic (exact) mass is 341 g/mol. The van der Waals surface area contributed by atoms with Crippen molar-refractivity contribution in [3.63, 3.8) is 0 Å². The smallest absolute Gasteiger partial charge is 0.264 e. The lowest BCUT2D eigenvalue weighted by molar-refractivity contribution is -0.123. The molecule has 1 aliphatic carbocycles. The van der Waals surface area contributed by atoms with Crippen LogP contribution in [-0.4, -0.2) is 33.9 Å². The maximum atomic E-state index is 12.8. The molecule has 6 nitrogen and oxygen atoms in total. The summed E-state index contributed by atoms with van der Waals surface area (Å²) in [6, 6.07) is 11.2. The topological polar surface area (TPSA) is 95.1 Å². The third-order valence-corrected chi connectivity index (χ3v) is 4.69. The Morgan fingerprint density at radius 1 is 1.36 bits per heavy atom. The second-order valence-corrected chi connectivity index (χ2v) is 6.48. The Hall–Kier alpha value is -2.47. The molecule has 2 atom stereocenters. The second kappa shape index (κ2) is 8.07. The number of aliphatic hydroxyl groups excluding tert-OH is 1. The van der Waals surface area contributed by atoms with Crippen molar-refractivity contribution in [3.05, 3.63) is 63.6 Å². The third kappa shape index (κ3) is 4.33. The Labute approximate surface area is 146 Å². The Morgan fingerprint density at radius 3 is 2.92 bits per heavy atom. The van der Waals surface area contributed by atoms with E-state index in [1.54, 1.807) is 6.07 Å². The summed E-state index contributed by atoms with van der Waals surface area (Å²) in [5, 5.41) is 18.8. The molecule has 1 heterocycles. The summed E-state index contributed by atoms with van der Waals surface area (Å²) in [6.45, 7) is 0.0713. The highest BCUT2D eigenvalue weighted by atomic mass is 16.3. The van der Waals surface area contributed by atoms with E-state index in [2.05, 4.69) is 15.5 Å². The van der Waals surface area contributed by atoms with E-state index in [1.165, 1.54) is 0 Å². The van der Waals surface area contributed by atoms with Crippen LogP contribution in [0, 0.1) is 0 Å². The first-order valence-corrected chi connectivity index (χ1v) is 8.71. The summed E-state index contributed by atoms with van der Waals surface area (Å²) in [6.07, 6.45) is 3.36. The fourth-order valence-corrected chi connectivity index (χ4v) is 3.39. The summed E-state index contributed by atoms with van der Waals surface area (Å²) < 4.78 is 0. The van der Waals surface area contributed by atoms with Gasteiger partial charge in [-0.2, -0.15) is 5.10 Å². The lowest BCUT2D eigenvalue weighted by Crippen LogP contribution is -2.42. The van der Waals surface area contributed by atoms with E-state index in [0.29, 0.717) is 19.3 Å². The van der Waals surface area contributed by atoms with Crippen molar-refractivity contribution < 1.29 is 9.90 Å².